The molecular weight excluding hydrogens is 540 g/mol. The number of carbonyl (C=O) groups excluding carboxylic acids is 2. The number of carbonyl (C=O) groups is 2. The van der Waals surface area contributed by atoms with Gasteiger partial charge < -0.3 is 24.5 Å². The van der Waals surface area contributed by atoms with E-state index in [-0.39, 0.29) is 30.9 Å². The highest BCUT2D eigenvalue weighted by Crippen LogP contribution is 2.28. The molecule has 11 nitrogen and oxygen atoms in total. The zero-order valence-electron chi connectivity index (χ0n) is 23.0. The topological polar surface area (TPSA) is 134 Å². The smallest absolute Gasteiger partial charge is 0.332 e. The Bertz CT molecular complexity index is 1860. The van der Waals surface area contributed by atoms with Crippen molar-refractivity contribution in [2.75, 3.05) is 19.5 Å². The van der Waals surface area contributed by atoms with Crippen LogP contribution in [0.25, 0.3) is 10.9 Å². The minimum atomic E-state index is -0.647. The maximum absolute atomic E-state index is 13.6. The van der Waals surface area contributed by atoms with Gasteiger partial charge in [-0.05, 0) is 54.1 Å². The van der Waals surface area contributed by atoms with Crippen LogP contribution in [0.4, 0.5) is 5.69 Å². The molecule has 0 bridgehead atoms. The number of para-hydroxylation sites is 1. The van der Waals surface area contributed by atoms with Crippen molar-refractivity contribution >= 4 is 28.4 Å². The lowest BCUT2D eigenvalue weighted by atomic mass is 10.1. The Morgan fingerprint density at radius 3 is 2.38 bits per heavy atom. The van der Waals surface area contributed by atoms with E-state index in [1.807, 2.05) is 0 Å². The molecule has 214 valence electrons. The molecule has 0 radical (unpaired) electrons. The van der Waals surface area contributed by atoms with Crippen LogP contribution < -0.4 is 31.4 Å². The van der Waals surface area contributed by atoms with Crippen LogP contribution in [0, 0.1) is 0 Å². The average Bonchev–Trinajstić information content (AvgIpc) is 3.54. The maximum Gasteiger partial charge on any atom is 0.332 e. The summed E-state index contributed by atoms with van der Waals surface area (Å²) in [6, 6.07) is 21.7. The van der Waals surface area contributed by atoms with Crippen molar-refractivity contribution in [3.63, 3.8) is 0 Å². The Balaban J connectivity index is 1.40. The normalized spacial score (nSPS) is 10.8. The first-order valence-corrected chi connectivity index (χ1v) is 13.0. The Hall–Kier alpha value is -5.58. The molecule has 0 aliphatic rings. The Morgan fingerprint density at radius 1 is 0.881 bits per heavy atom. The van der Waals surface area contributed by atoms with Gasteiger partial charge in [-0.3, -0.25) is 23.5 Å². The van der Waals surface area contributed by atoms with Gasteiger partial charge in [0.25, 0.3) is 11.5 Å². The van der Waals surface area contributed by atoms with Crippen LogP contribution >= 0.6 is 0 Å². The molecule has 0 saturated heterocycles. The van der Waals surface area contributed by atoms with Gasteiger partial charge in [0.2, 0.25) is 5.91 Å². The fraction of sp³-hybridized carbons (Fsp3) is 0.161. The molecular formula is C31H28N4O7. The van der Waals surface area contributed by atoms with Crippen molar-refractivity contribution < 1.29 is 23.5 Å². The number of nitrogens with zero attached hydrogens (tertiary/aromatic N) is 2. The zero-order valence-corrected chi connectivity index (χ0v) is 23.0. The van der Waals surface area contributed by atoms with Crippen LogP contribution in [-0.2, 0) is 24.4 Å². The minimum absolute atomic E-state index is 0.0535. The van der Waals surface area contributed by atoms with Crippen molar-refractivity contribution in [2.45, 2.75) is 19.6 Å². The molecule has 2 N–H and O–H groups in total. The first-order valence-electron chi connectivity index (χ1n) is 13.0. The predicted molar refractivity (Wildman–Crippen MR) is 156 cm³/mol. The standard InChI is InChI=1S/C31H28N4O7/c1-40-22-13-14-27(41-2)25(16-22)33-28(36)19-34-26-8-4-3-7-24(26)30(38)35(31(34)39)18-20-9-11-21(12-10-20)29(37)32-17-23-6-5-15-42-23/h3-16H,17-19H2,1-2H3,(H,32,37)(H,33,36). The Kier molecular flexibility index (Phi) is 8.19. The SMILES string of the molecule is COc1ccc(OC)c(NC(=O)Cn2c(=O)n(Cc3ccc(C(=O)NCc4ccco4)cc3)c(=O)c3ccccc32)c1. The number of hydrogen-bond acceptors (Lipinski definition) is 7. The fourth-order valence-electron chi connectivity index (χ4n) is 4.53. The second-order valence-corrected chi connectivity index (χ2v) is 9.35. The predicted octanol–water partition coefficient (Wildman–Crippen LogP) is 3.39. The Morgan fingerprint density at radius 2 is 1.67 bits per heavy atom. The van der Waals surface area contributed by atoms with Crippen molar-refractivity contribution in [2.24, 2.45) is 0 Å². The molecule has 5 aromatic rings. The summed E-state index contributed by atoms with van der Waals surface area (Å²) in [5, 5.41) is 5.82. The molecule has 0 fully saturated rings. The van der Waals surface area contributed by atoms with Gasteiger partial charge in [0.05, 0.1) is 50.2 Å². The lowest BCUT2D eigenvalue weighted by Gasteiger charge is -2.15. The maximum atomic E-state index is 13.6. The fourth-order valence-corrected chi connectivity index (χ4v) is 4.53. The molecule has 0 aliphatic heterocycles. The van der Waals surface area contributed by atoms with E-state index >= 15 is 0 Å². The first kappa shape index (κ1) is 28.0. The summed E-state index contributed by atoms with van der Waals surface area (Å²) in [6.07, 6.45) is 1.53. The second kappa shape index (κ2) is 12.3. The van der Waals surface area contributed by atoms with Crippen molar-refractivity contribution in [1.82, 2.24) is 14.5 Å². The summed E-state index contributed by atoms with van der Waals surface area (Å²) in [5.41, 5.74) is 0.622. The molecule has 0 unspecified atom stereocenters. The molecule has 42 heavy (non-hydrogen) atoms. The largest absolute Gasteiger partial charge is 0.497 e. The molecule has 0 atom stereocenters. The first-order chi connectivity index (χ1) is 20.4. The summed E-state index contributed by atoms with van der Waals surface area (Å²) in [6.45, 7) is -0.158. The van der Waals surface area contributed by atoms with E-state index in [1.54, 1.807) is 78.9 Å². The van der Waals surface area contributed by atoms with Gasteiger partial charge in [0, 0.05) is 11.6 Å². The number of aromatic nitrogens is 2. The van der Waals surface area contributed by atoms with E-state index in [9.17, 15) is 19.2 Å². The van der Waals surface area contributed by atoms with E-state index in [0.29, 0.717) is 39.6 Å². The number of hydrogen-bond donors (Lipinski definition) is 2. The van der Waals surface area contributed by atoms with Crippen molar-refractivity contribution in [3.05, 3.63) is 123 Å². The van der Waals surface area contributed by atoms with Crippen LogP contribution in [0.15, 0.2) is 99.1 Å². The lowest BCUT2D eigenvalue weighted by Crippen LogP contribution is -2.42. The number of benzene rings is 3. The van der Waals surface area contributed by atoms with Gasteiger partial charge in [0.1, 0.15) is 23.8 Å². The minimum Gasteiger partial charge on any atom is -0.497 e. The summed E-state index contributed by atoms with van der Waals surface area (Å²) < 4.78 is 18.1. The molecule has 0 spiro atoms. The van der Waals surface area contributed by atoms with Crippen LogP contribution in [-0.4, -0.2) is 35.2 Å². The molecule has 0 aliphatic carbocycles. The summed E-state index contributed by atoms with van der Waals surface area (Å²) in [4.78, 5) is 52.6. The van der Waals surface area contributed by atoms with Gasteiger partial charge in [-0.2, -0.15) is 0 Å². The number of anilines is 1. The van der Waals surface area contributed by atoms with Crippen LogP contribution in [0.3, 0.4) is 0 Å². The third-order valence-electron chi connectivity index (χ3n) is 6.67. The summed E-state index contributed by atoms with van der Waals surface area (Å²) in [7, 11) is 2.98. The molecule has 0 saturated carbocycles. The third-order valence-corrected chi connectivity index (χ3v) is 6.67. The summed E-state index contributed by atoms with van der Waals surface area (Å²) >= 11 is 0. The van der Waals surface area contributed by atoms with Crippen molar-refractivity contribution in [1.29, 1.82) is 0 Å². The molecule has 11 heteroatoms. The third kappa shape index (κ3) is 5.94. The van der Waals surface area contributed by atoms with E-state index in [2.05, 4.69) is 10.6 Å². The van der Waals surface area contributed by atoms with E-state index < -0.39 is 17.2 Å². The highest BCUT2D eigenvalue weighted by atomic mass is 16.5. The average molecular weight is 569 g/mol. The molecule has 5 rings (SSSR count). The number of fused-ring (bicyclic) bond motifs is 1. The van der Waals surface area contributed by atoms with E-state index in [0.717, 1.165) is 4.57 Å². The second-order valence-electron chi connectivity index (χ2n) is 9.35. The van der Waals surface area contributed by atoms with Crippen LogP contribution in [0.5, 0.6) is 11.5 Å². The molecule has 2 aromatic heterocycles. The number of methoxy groups -OCH3 is 2. The highest BCUT2D eigenvalue weighted by Gasteiger charge is 2.17. The summed E-state index contributed by atoms with van der Waals surface area (Å²) in [5.74, 6) is 0.779. The number of nitrogens with one attached hydrogen (secondary N) is 2. The van der Waals surface area contributed by atoms with Crippen LogP contribution in [0.1, 0.15) is 21.7 Å². The van der Waals surface area contributed by atoms with Gasteiger partial charge >= 0.3 is 5.69 Å². The zero-order chi connectivity index (χ0) is 29.6. The lowest BCUT2D eigenvalue weighted by molar-refractivity contribution is -0.116. The molecule has 2 amide bonds. The monoisotopic (exact) mass is 568 g/mol. The number of amides is 2. The number of ether oxygens (including phenoxy) is 2. The van der Waals surface area contributed by atoms with Crippen LogP contribution in [0.2, 0.25) is 0 Å². The number of rotatable bonds is 10. The van der Waals surface area contributed by atoms with Gasteiger partial charge in [-0.25, -0.2) is 4.79 Å². The van der Waals surface area contributed by atoms with E-state index in [4.69, 9.17) is 13.9 Å². The van der Waals surface area contributed by atoms with Gasteiger partial charge in [-0.15, -0.1) is 0 Å². The molecule has 2 heterocycles. The van der Waals surface area contributed by atoms with Gasteiger partial charge in [-0.1, -0.05) is 24.3 Å². The van der Waals surface area contributed by atoms with Crippen molar-refractivity contribution in [3.8, 4) is 11.5 Å². The van der Waals surface area contributed by atoms with Gasteiger partial charge in [0.15, 0.2) is 0 Å². The number of furan rings is 1. The van der Waals surface area contributed by atoms with E-state index in [1.165, 1.54) is 25.0 Å². The quantitative estimate of drug-likeness (QED) is 0.264. The highest BCUT2D eigenvalue weighted by molar-refractivity contribution is 5.94. The molecule has 3 aromatic carbocycles. The Labute approximate surface area is 239 Å².